The van der Waals surface area contributed by atoms with Crippen LogP contribution < -0.4 is 4.74 Å². The van der Waals surface area contributed by atoms with Gasteiger partial charge in [-0.15, -0.1) is 0 Å². The molecule has 0 bridgehead atoms. The maximum absolute atomic E-state index is 11.5. The second-order valence-corrected chi connectivity index (χ2v) is 4.68. The van der Waals surface area contributed by atoms with Gasteiger partial charge in [-0.2, -0.15) is 0 Å². The Morgan fingerprint density at radius 1 is 1.14 bits per heavy atom. The van der Waals surface area contributed by atoms with E-state index in [1.165, 1.54) is 7.11 Å². The first kappa shape index (κ1) is 15.1. The Kier molecular flexibility index (Phi) is 4.95. The summed E-state index contributed by atoms with van der Waals surface area (Å²) >= 11 is 0. The minimum Gasteiger partial charge on any atom is -0.489 e. The number of methoxy groups -OCH3 is 1. The summed E-state index contributed by atoms with van der Waals surface area (Å²) in [6.07, 6.45) is -1.30. The predicted molar refractivity (Wildman–Crippen MR) is 78.9 cm³/mol. The topological polar surface area (TPSA) is 55.8 Å². The van der Waals surface area contributed by atoms with E-state index in [-0.39, 0.29) is 6.61 Å². The van der Waals surface area contributed by atoms with Gasteiger partial charge in [0.25, 0.3) is 0 Å². The first-order chi connectivity index (χ1) is 10.1. The van der Waals surface area contributed by atoms with Gasteiger partial charge in [0.1, 0.15) is 12.4 Å². The van der Waals surface area contributed by atoms with Crippen LogP contribution in [-0.2, 0) is 16.1 Å². The lowest BCUT2D eigenvalue weighted by molar-refractivity contribution is -0.150. The van der Waals surface area contributed by atoms with Crippen LogP contribution in [0.1, 0.15) is 22.8 Å². The van der Waals surface area contributed by atoms with Crippen LogP contribution in [0.4, 0.5) is 0 Å². The molecule has 4 heteroatoms. The van der Waals surface area contributed by atoms with Crippen molar-refractivity contribution < 1.29 is 19.4 Å². The Bertz CT molecular complexity index is 622. The molecule has 0 heterocycles. The van der Waals surface area contributed by atoms with E-state index in [0.29, 0.717) is 5.56 Å². The van der Waals surface area contributed by atoms with Crippen molar-refractivity contribution in [2.45, 2.75) is 19.6 Å². The number of esters is 1. The van der Waals surface area contributed by atoms with Gasteiger partial charge in [-0.3, -0.25) is 0 Å². The van der Waals surface area contributed by atoms with E-state index < -0.39 is 12.1 Å². The summed E-state index contributed by atoms with van der Waals surface area (Å²) in [5, 5.41) is 9.99. The van der Waals surface area contributed by atoms with Gasteiger partial charge < -0.3 is 14.6 Å². The highest BCUT2D eigenvalue weighted by atomic mass is 16.5. The van der Waals surface area contributed by atoms with Gasteiger partial charge in [0.05, 0.1) is 7.11 Å². The van der Waals surface area contributed by atoms with Crippen molar-refractivity contribution in [3.63, 3.8) is 0 Å². The maximum atomic E-state index is 11.5. The zero-order valence-corrected chi connectivity index (χ0v) is 12.1. The average molecular weight is 286 g/mol. The Labute approximate surface area is 123 Å². The number of para-hydroxylation sites is 1. The van der Waals surface area contributed by atoms with Crippen LogP contribution in [0, 0.1) is 6.92 Å². The minimum atomic E-state index is -1.30. The Balaban J connectivity index is 2.17. The third-order valence-electron chi connectivity index (χ3n) is 3.25. The number of hydrogen-bond donors (Lipinski definition) is 1. The molecular formula is C17H18O4. The van der Waals surface area contributed by atoms with E-state index >= 15 is 0 Å². The zero-order valence-electron chi connectivity index (χ0n) is 12.1. The van der Waals surface area contributed by atoms with Gasteiger partial charge in [-0.1, -0.05) is 42.5 Å². The van der Waals surface area contributed by atoms with Crippen LogP contribution >= 0.6 is 0 Å². The van der Waals surface area contributed by atoms with Crippen molar-refractivity contribution in [3.8, 4) is 5.75 Å². The molecule has 0 spiro atoms. The molecular weight excluding hydrogens is 268 g/mol. The zero-order chi connectivity index (χ0) is 15.2. The third-order valence-corrected chi connectivity index (χ3v) is 3.25. The first-order valence-corrected chi connectivity index (χ1v) is 6.65. The molecule has 4 nitrogen and oxygen atoms in total. The van der Waals surface area contributed by atoms with E-state index in [9.17, 15) is 9.90 Å². The number of carbonyl (C=O) groups is 1. The molecule has 0 saturated carbocycles. The quantitative estimate of drug-likeness (QED) is 0.859. The molecule has 0 radical (unpaired) electrons. The maximum Gasteiger partial charge on any atom is 0.339 e. The van der Waals surface area contributed by atoms with Gasteiger partial charge in [-0.25, -0.2) is 4.79 Å². The number of aliphatic hydroxyl groups is 1. The van der Waals surface area contributed by atoms with E-state index in [1.807, 2.05) is 43.3 Å². The lowest BCUT2D eigenvalue weighted by Gasteiger charge is -2.15. The summed E-state index contributed by atoms with van der Waals surface area (Å²) in [5.41, 5.74) is 2.28. The predicted octanol–water partition coefficient (Wildman–Crippen LogP) is 2.78. The largest absolute Gasteiger partial charge is 0.489 e. The monoisotopic (exact) mass is 286 g/mol. The second kappa shape index (κ2) is 6.90. The van der Waals surface area contributed by atoms with Gasteiger partial charge in [0, 0.05) is 0 Å². The molecule has 2 aromatic carbocycles. The molecule has 110 valence electrons. The number of aliphatic hydroxyl groups excluding tert-OH is 1. The molecule has 0 aliphatic carbocycles. The summed E-state index contributed by atoms with van der Waals surface area (Å²) < 4.78 is 10.3. The van der Waals surface area contributed by atoms with Crippen molar-refractivity contribution in [2.75, 3.05) is 7.11 Å². The Morgan fingerprint density at radius 2 is 1.81 bits per heavy atom. The summed E-state index contributed by atoms with van der Waals surface area (Å²) in [5.74, 6) is 0.0956. The van der Waals surface area contributed by atoms with Crippen LogP contribution in [0.2, 0.25) is 0 Å². The molecule has 0 aliphatic rings. The lowest BCUT2D eigenvalue weighted by atomic mass is 10.0. The number of ether oxygens (including phenoxy) is 2. The van der Waals surface area contributed by atoms with Crippen molar-refractivity contribution >= 4 is 5.97 Å². The average Bonchev–Trinajstić information content (AvgIpc) is 2.53. The summed E-state index contributed by atoms with van der Waals surface area (Å²) in [4.78, 5) is 11.5. The molecule has 21 heavy (non-hydrogen) atoms. The van der Waals surface area contributed by atoms with Crippen molar-refractivity contribution in [2.24, 2.45) is 0 Å². The van der Waals surface area contributed by atoms with Crippen LogP contribution in [0.15, 0.2) is 48.5 Å². The molecule has 0 aliphatic heterocycles. The van der Waals surface area contributed by atoms with Crippen molar-refractivity contribution in [1.82, 2.24) is 0 Å². The van der Waals surface area contributed by atoms with Crippen LogP contribution in [0.5, 0.6) is 5.75 Å². The second-order valence-electron chi connectivity index (χ2n) is 4.68. The van der Waals surface area contributed by atoms with Gasteiger partial charge >= 0.3 is 5.97 Å². The highest BCUT2D eigenvalue weighted by Crippen LogP contribution is 2.22. The molecule has 2 rings (SSSR count). The molecule has 2 aromatic rings. The van der Waals surface area contributed by atoms with E-state index in [4.69, 9.17) is 4.74 Å². The normalized spacial score (nSPS) is 11.8. The summed E-state index contributed by atoms with van der Waals surface area (Å²) in [6, 6.07) is 14.8. The van der Waals surface area contributed by atoms with Crippen LogP contribution in [-0.4, -0.2) is 18.2 Å². The fourth-order valence-electron chi connectivity index (χ4n) is 2.04. The van der Waals surface area contributed by atoms with Crippen LogP contribution in [0.25, 0.3) is 0 Å². The minimum absolute atomic E-state index is 0.273. The van der Waals surface area contributed by atoms with E-state index in [2.05, 4.69) is 4.74 Å². The number of carbonyl (C=O) groups excluding carboxylic acids is 1. The van der Waals surface area contributed by atoms with Gasteiger partial charge in [0.2, 0.25) is 0 Å². The third kappa shape index (κ3) is 3.61. The van der Waals surface area contributed by atoms with Crippen molar-refractivity contribution in [3.05, 3.63) is 65.2 Å². The molecule has 0 amide bonds. The Morgan fingerprint density at radius 3 is 2.52 bits per heavy atom. The van der Waals surface area contributed by atoms with E-state index in [1.54, 1.807) is 12.1 Å². The number of benzene rings is 2. The van der Waals surface area contributed by atoms with Crippen LogP contribution in [0.3, 0.4) is 0 Å². The van der Waals surface area contributed by atoms with Crippen molar-refractivity contribution in [1.29, 1.82) is 0 Å². The van der Waals surface area contributed by atoms with Gasteiger partial charge in [-0.05, 0) is 29.7 Å². The molecule has 0 fully saturated rings. The lowest BCUT2D eigenvalue weighted by Crippen LogP contribution is -2.16. The molecule has 1 unspecified atom stereocenters. The standard InChI is InChI=1S/C17H18O4/c1-12-7-3-6-10-15(12)21-11-13-8-4-5-9-14(13)16(18)17(19)20-2/h3-10,16,18H,11H2,1-2H3. The number of hydrogen-bond acceptors (Lipinski definition) is 4. The Hall–Kier alpha value is -2.33. The SMILES string of the molecule is COC(=O)C(O)c1ccccc1COc1ccccc1C. The van der Waals surface area contributed by atoms with Gasteiger partial charge in [0.15, 0.2) is 6.10 Å². The fraction of sp³-hybridized carbons (Fsp3) is 0.235. The highest BCUT2D eigenvalue weighted by molar-refractivity contribution is 5.76. The summed E-state index contributed by atoms with van der Waals surface area (Å²) in [6.45, 7) is 2.24. The first-order valence-electron chi connectivity index (χ1n) is 6.65. The molecule has 1 atom stereocenters. The fourth-order valence-corrected chi connectivity index (χ4v) is 2.04. The number of rotatable bonds is 5. The smallest absolute Gasteiger partial charge is 0.339 e. The highest BCUT2D eigenvalue weighted by Gasteiger charge is 2.20. The van der Waals surface area contributed by atoms with E-state index in [0.717, 1.165) is 16.9 Å². The molecule has 1 N–H and O–H groups in total. The molecule has 0 saturated heterocycles. The molecule has 0 aromatic heterocycles. The summed E-state index contributed by atoms with van der Waals surface area (Å²) in [7, 11) is 1.25. The number of aryl methyl sites for hydroxylation is 1.